The number of benzene rings is 1. The molecule has 1 heterocycles. The number of anilines is 1. The maximum absolute atomic E-state index is 11.8. The first-order chi connectivity index (χ1) is 10.2. The maximum atomic E-state index is 11.8. The largest absolute Gasteiger partial charge is 0.398 e. The molecule has 1 fully saturated rings. The molecule has 1 aromatic carbocycles. The van der Waals surface area contributed by atoms with Crippen LogP contribution in [0.4, 0.5) is 5.69 Å². The lowest BCUT2D eigenvalue weighted by Crippen LogP contribution is -2.32. The third kappa shape index (κ3) is 3.73. The van der Waals surface area contributed by atoms with Crippen LogP contribution in [0.5, 0.6) is 0 Å². The molecule has 0 bridgehead atoms. The molecule has 0 unspecified atom stereocenters. The zero-order valence-corrected chi connectivity index (χ0v) is 12.1. The molecule has 21 heavy (non-hydrogen) atoms. The van der Waals surface area contributed by atoms with Crippen molar-refractivity contribution in [2.75, 3.05) is 12.3 Å². The van der Waals surface area contributed by atoms with Crippen molar-refractivity contribution < 1.29 is 0 Å². The van der Waals surface area contributed by atoms with Crippen molar-refractivity contribution in [1.29, 1.82) is 0 Å². The molecule has 1 aliphatic rings. The van der Waals surface area contributed by atoms with Crippen molar-refractivity contribution >= 4 is 5.69 Å². The highest BCUT2D eigenvalue weighted by molar-refractivity contribution is 5.33. The molecule has 0 spiro atoms. The number of nitrogen functional groups attached to an aromatic ring is 1. The van der Waals surface area contributed by atoms with E-state index in [0.29, 0.717) is 18.3 Å². The van der Waals surface area contributed by atoms with Gasteiger partial charge in [-0.15, -0.1) is 0 Å². The molecule has 4 nitrogen and oxygen atoms in total. The fraction of sp³-hybridized carbons (Fsp3) is 0.353. The van der Waals surface area contributed by atoms with Gasteiger partial charge in [-0.05, 0) is 24.5 Å². The summed E-state index contributed by atoms with van der Waals surface area (Å²) < 4.78 is 1.70. The highest BCUT2D eigenvalue weighted by atomic mass is 16.1. The smallest absolute Gasteiger partial charge is 0.250 e. The van der Waals surface area contributed by atoms with Crippen molar-refractivity contribution in [2.45, 2.75) is 32.0 Å². The molecular formula is C17H21N3O. The Morgan fingerprint density at radius 1 is 1.14 bits per heavy atom. The summed E-state index contributed by atoms with van der Waals surface area (Å²) in [4.78, 5) is 14.3. The van der Waals surface area contributed by atoms with E-state index in [-0.39, 0.29) is 5.56 Å². The first-order valence-corrected chi connectivity index (χ1v) is 7.46. The fourth-order valence-corrected chi connectivity index (χ4v) is 2.61. The number of hydrogen-bond donors (Lipinski definition) is 1. The zero-order chi connectivity index (χ0) is 14.7. The van der Waals surface area contributed by atoms with Crippen molar-refractivity contribution in [1.82, 2.24) is 9.47 Å². The van der Waals surface area contributed by atoms with Crippen molar-refractivity contribution in [3.63, 3.8) is 0 Å². The van der Waals surface area contributed by atoms with Gasteiger partial charge in [0.2, 0.25) is 0 Å². The molecule has 0 saturated heterocycles. The summed E-state index contributed by atoms with van der Waals surface area (Å²) in [6.07, 6.45) is 4.26. The summed E-state index contributed by atoms with van der Waals surface area (Å²) in [5.74, 6) is 0. The number of aromatic nitrogens is 1. The zero-order valence-electron chi connectivity index (χ0n) is 12.1. The Bertz CT molecular complexity index is 647. The van der Waals surface area contributed by atoms with Gasteiger partial charge in [0.1, 0.15) is 0 Å². The van der Waals surface area contributed by atoms with Gasteiger partial charge >= 0.3 is 0 Å². The Balaban J connectivity index is 1.66. The van der Waals surface area contributed by atoms with E-state index in [2.05, 4.69) is 29.2 Å². The van der Waals surface area contributed by atoms with Gasteiger partial charge < -0.3 is 10.3 Å². The molecule has 4 heteroatoms. The van der Waals surface area contributed by atoms with E-state index in [0.717, 1.165) is 13.1 Å². The first kappa shape index (κ1) is 13.9. The predicted molar refractivity (Wildman–Crippen MR) is 85.0 cm³/mol. The average Bonchev–Trinajstić information content (AvgIpc) is 3.32. The lowest BCUT2D eigenvalue weighted by molar-refractivity contribution is 0.243. The van der Waals surface area contributed by atoms with E-state index in [1.165, 1.54) is 24.5 Å². The molecule has 0 aliphatic heterocycles. The van der Waals surface area contributed by atoms with E-state index in [1.54, 1.807) is 16.8 Å². The van der Waals surface area contributed by atoms with Gasteiger partial charge in [-0.3, -0.25) is 9.69 Å². The van der Waals surface area contributed by atoms with Crippen LogP contribution in [0.25, 0.3) is 0 Å². The second kappa shape index (κ2) is 6.14. The van der Waals surface area contributed by atoms with Crippen LogP contribution in [0, 0.1) is 0 Å². The Kier molecular flexibility index (Phi) is 4.06. The average molecular weight is 283 g/mol. The van der Waals surface area contributed by atoms with Gasteiger partial charge in [0.15, 0.2) is 0 Å². The fourth-order valence-electron chi connectivity index (χ4n) is 2.61. The molecule has 1 aromatic heterocycles. The van der Waals surface area contributed by atoms with E-state index in [1.807, 2.05) is 6.07 Å². The van der Waals surface area contributed by atoms with Crippen LogP contribution in [-0.2, 0) is 13.1 Å². The lowest BCUT2D eigenvalue weighted by atomic mass is 10.2. The second-order valence-corrected chi connectivity index (χ2v) is 5.68. The van der Waals surface area contributed by atoms with E-state index < -0.39 is 0 Å². The van der Waals surface area contributed by atoms with Gasteiger partial charge in [-0.2, -0.15) is 0 Å². The van der Waals surface area contributed by atoms with Crippen LogP contribution in [0.15, 0.2) is 53.5 Å². The Morgan fingerprint density at radius 2 is 1.90 bits per heavy atom. The van der Waals surface area contributed by atoms with Crippen LogP contribution >= 0.6 is 0 Å². The summed E-state index contributed by atoms with van der Waals surface area (Å²) in [6, 6.07) is 14.4. The maximum Gasteiger partial charge on any atom is 0.250 e. The molecule has 0 amide bonds. The number of pyridine rings is 1. The topological polar surface area (TPSA) is 51.3 Å². The summed E-state index contributed by atoms with van der Waals surface area (Å²) in [5.41, 5.74) is 7.73. The van der Waals surface area contributed by atoms with Crippen molar-refractivity contribution in [3.8, 4) is 0 Å². The molecule has 2 aromatic rings. The predicted octanol–water partition coefficient (Wildman–Crippen LogP) is 2.10. The van der Waals surface area contributed by atoms with Crippen LogP contribution in [0.1, 0.15) is 18.4 Å². The normalized spacial score (nSPS) is 14.5. The highest BCUT2D eigenvalue weighted by Crippen LogP contribution is 2.28. The van der Waals surface area contributed by atoms with Crippen LogP contribution in [-0.4, -0.2) is 22.1 Å². The molecule has 0 atom stereocenters. The molecule has 110 valence electrons. The Hall–Kier alpha value is -2.07. The van der Waals surface area contributed by atoms with Gasteiger partial charge in [0, 0.05) is 43.6 Å². The van der Waals surface area contributed by atoms with Crippen molar-refractivity contribution in [3.05, 3.63) is 64.6 Å². The second-order valence-electron chi connectivity index (χ2n) is 5.68. The van der Waals surface area contributed by atoms with E-state index >= 15 is 0 Å². The third-order valence-corrected chi connectivity index (χ3v) is 3.93. The van der Waals surface area contributed by atoms with Crippen molar-refractivity contribution in [2.24, 2.45) is 0 Å². The lowest BCUT2D eigenvalue weighted by Gasteiger charge is -2.22. The summed E-state index contributed by atoms with van der Waals surface area (Å²) in [7, 11) is 0. The number of nitrogens with two attached hydrogens (primary N) is 1. The monoisotopic (exact) mass is 283 g/mol. The minimum atomic E-state index is 0.0136. The summed E-state index contributed by atoms with van der Waals surface area (Å²) in [5, 5.41) is 0. The molecule has 1 saturated carbocycles. The van der Waals surface area contributed by atoms with Gasteiger partial charge in [0.05, 0.1) is 0 Å². The van der Waals surface area contributed by atoms with Crippen LogP contribution in [0.3, 0.4) is 0 Å². The standard InChI is InChI=1S/C17H21N3O/c18-15-6-9-17(21)20(13-15)11-10-19(16-7-8-16)12-14-4-2-1-3-5-14/h1-6,9,13,16H,7-8,10-12,18H2. The van der Waals surface area contributed by atoms with E-state index in [9.17, 15) is 4.79 Å². The van der Waals surface area contributed by atoms with Crippen LogP contribution < -0.4 is 11.3 Å². The van der Waals surface area contributed by atoms with Gasteiger partial charge in [-0.25, -0.2) is 0 Å². The number of hydrogen-bond acceptors (Lipinski definition) is 3. The minimum Gasteiger partial charge on any atom is -0.398 e. The molecule has 2 N–H and O–H groups in total. The molecule has 0 radical (unpaired) electrons. The number of nitrogens with zero attached hydrogens (tertiary/aromatic N) is 2. The quantitative estimate of drug-likeness (QED) is 0.883. The molecule has 3 rings (SSSR count). The highest BCUT2D eigenvalue weighted by Gasteiger charge is 2.28. The molecule has 1 aliphatic carbocycles. The van der Waals surface area contributed by atoms with Crippen LogP contribution in [0.2, 0.25) is 0 Å². The molecular weight excluding hydrogens is 262 g/mol. The van der Waals surface area contributed by atoms with E-state index in [4.69, 9.17) is 5.73 Å². The summed E-state index contributed by atoms with van der Waals surface area (Å²) in [6.45, 7) is 2.51. The Labute approximate surface area is 124 Å². The Morgan fingerprint density at radius 3 is 2.62 bits per heavy atom. The first-order valence-electron chi connectivity index (χ1n) is 7.46. The summed E-state index contributed by atoms with van der Waals surface area (Å²) >= 11 is 0. The minimum absolute atomic E-state index is 0.0136. The third-order valence-electron chi connectivity index (χ3n) is 3.93. The SMILES string of the molecule is Nc1ccc(=O)n(CCN(Cc2ccccc2)C2CC2)c1. The van der Waals surface area contributed by atoms with Gasteiger partial charge in [-0.1, -0.05) is 30.3 Å². The van der Waals surface area contributed by atoms with Gasteiger partial charge in [0.25, 0.3) is 5.56 Å². The number of rotatable bonds is 6.